The normalized spacial score (nSPS) is 10.2. The van der Waals surface area contributed by atoms with Crippen LogP contribution in [-0.2, 0) is 0 Å². The van der Waals surface area contributed by atoms with Gasteiger partial charge in [-0.05, 0) is 12.1 Å². The first kappa shape index (κ1) is 10.8. The summed E-state index contributed by atoms with van der Waals surface area (Å²) in [5.41, 5.74) is -0.0394. The Bertz CT molecular complexity index is 519. The first-order valence-corrected chi connectivity index (χ1v) is 4.74. The molecular formula is C10H6ClF2N3. The maximum absolute atomic E-state index is 13.3. The molecule has 0 atom stereocenters. The van der Waals surface area contributed by atoms with Crippen LogP contribution in [0.25, 0.3) is 0 Å². The van der Waals surface area contributed by atoms with Crippen LogP contribution in [0.3, 0.4) is 0 Å². The molecule has 0 aliphatic heterocycles. The molecule has 2 aromatic rings. The van der Waals surface area contributed by atoms with Gasteiger partial charge >= 0.3 is 0 Å². The molecule has 2 rings (SSSR count). The number of nitrogens with one attached hydrogen (secondary N) is 1. The van der Waals surface area contributed by atoms with Gasteiger partial charge in [-0.2, -0.15) is 0 Å². The van der Waals surface area contributed by atoms with E-state index in [-0.39, 0.29) is 16.7 Å². The minimum atomic E-state index is -0.982. The summed E-state index contributed by atoms with van der Waals surface area (Å²) in [4.78, 5) is 7.60. The molecule has 6 heteroatoms. The van der Waals surface area contributed by atoms with Gasteiger partial charge in [0.05, 0.1) is 5.69 Å². The SMILES string of the molecule is Fc1cccc(Nc2nccnc2Cl)c1F. The molecule has 3 nitrogen and oxygen atoms in total. The van der Waals surface area contributed by atoms with Gasteiger partial charge in [0.2, 0.25) is 0 Å². The number of hydrogen-bond donors (Lipinski definition) is 1. The number of anilines is 2. The molecule has 16 heavy (non-hydrogen) atoms. The summed E-state index contributed by atoms with van der Waals surface area (Å²) in [5, 5.41) is 2.65. The largest absolute Gasteiger partial charge is 0.335 e. The molecule has 0 saturated carbocycles. The molecule has 1 heterocycles. The number of halogens is 3. The fourth-order valence-corrected chi connectivity index (χ4v) is 1.29. The quantitative estimate of drug-likeness (QED) is 0.878. The van der Waals surface area contributed by atoms with Crippen LogP contribution in [0.4, 0.5) is 20.3 Å². The van der Waals surface area contributed by atoms with E-state index < -0.39 is 11.6 Å². The zero-order chi connectivity index (χ0) is 11.5. The minimum Gasteiger partial charge on any atom is -0.335 e. The molecule has 1 aromatic heterocycles. The van der Waals surface area contributed by atoms with Gasteiger partial charge in [-0.25, -0.2) is 18.7 Å². The lowest BCUT2D eigenvalue weighted by atomic mass is 10.3. The second-order valence-electron chi connectivity index (χ2n) is 2.92. The molecule has 0 unspecified atom stereocenters. The Morgan fingerprint density at radius 3 is 2.62 bits per heavy atom. The Kier molecular flexibility index (Phi) is 2.96. The fraction of sp³-hybridized carbons (Fsp3) is 0. The van der Waals surface area contributed by atoms with Crippen molar-refractivity contribution in [2.24, 2.45) is 0 Å². The summed E-state index contributed by atoms with van der Waals surface area (Å²) in [7, 11) is 0. The summed E-state index contributed by atoms with van der Waals surface area (Å²) in [6.07, 6.45) is 2.79. The molecule has 0 aliphatic carbocycles. The smallest absolute Gasteiger partial charge is 0.182 e. The van der Waals surface area contributed by atoms with Crippen LogP contribution in [0.1, 0.15) is 0 Å². The third-order valence-electron chi connectivity index (χ3n) is 1.86. The Morgan fingerprint density at radius 2 is 1.88 bits per heavy atom. The molecule has 1 aromatic carbocycles. The van der Waals surface area contributed by atoms with Crippen molar-refractivity contribution >= 4 is 23.1 Å². The van der Waals surface area contributed by atoms with Crippen LogP contribution in [0, 0.1) is 11.6 Å². The van der Waals surface area contributed by atoms with Crippen molar-refractivity contribution in [1.29, 1.82) is 0 Å². The van der Waals surface area contributed by atoms with Crippen molar-refractivity contribution in [2.75, 3.05) is 5.32 Å². The molecule has 0 amide bonds. The van der Waals surface area contributed by atoms with Crippen molar-refractivity contribution in [3.8, 4) is 0 Å². The number of hydrogen-bond acceptors (Lipinski definition) is 3. The fourth-order valence-electron chi connectivity index (χ4n) is 1.13. The predicted octanol–water partition coefficient (Wildman–Crippen LogP) is 3.15. The van der Waals surface area contributed by atoms with Gasteiger partial charge < -0.3 is 5.32 Å². The summed E-state index contributed by atoms with van der Waals surface area (Å²) < 4.78 is 26.2. The zero-order valence-electron chi connectivity index (χ0n) is 7.92. The Balaban J connectivity index is 2.35. The second kappa shape index (κ2) is 4.40. The number of benzene rings is 1. The van der Waals surface area contributed by atoms with Crippen LogP contribution >= 0.6 is 11.6 Å². The second-order valence-corrected chi connectivity index (χ2v) is 3.28. The van der Waals surface area contributed by atoms with Crippen molar-refractivity contribution in [1.82, 2.24) is 9.97 Å². The Hall–Kier alpha value is -1.75. The summed E-state index contributed by atoms with van der Waals surface area (Å²) in [6, 6.07) is 3.78. The maximum atomic E-state index is 13.3. The lowest BCUT2D eigenvalue weighted by Crippen LogP contribution is -1.99. The van der Waals surface area contributed by atoms with E-state index in [9.17, 15) is 8.78 Å². The van der Waals surface area contributed by atoms with Crippen molar-refractivity contribution < 1.29 is 8.78 Å². The summed E-state index contributed by atoms with van der Waals surface area (Å²) in [5.74, 6) is -1.75. The van der Waals surface area contributed by atoms with E-state index in [1.807, 2.05) is 0 Å². The summed E-state index contributed by atoms with van der Waals surface area (Å²) in [6.45, 7) is 0. The van der Waals surface area contributed by atoms with E-state index in [1.54, 1.807) is 0 Å². The molecule has 0 spiro atoms. The Morgan fingerprint density at radius 1 is 1.12 bits per heavy atom. The van der Waals surface area contributed by atoms with Crippen LogP contribution in [-0.4, -0.2) is 9.97 Å². The van der Waals surface area contributed by atoms with Gasteiger partial charge in [-0.3, -0.25) is 0 Å². The molecule has 1 N–H and O–H groups in total. The first-order valence-electron chi connectivity index (χ1n) is 4.36. The number of nitrogens with zero attached hydrogens (tertiary/aromatic N) is 2. The highest BCUT2D eigenvalue weighted by molar-refractivity contribution is 6.31. The molecule has 82 valence electrons. The number of rotatable bonds is 2. The highest BCUT2D eigenvalue weighted by Gasteiger charge is 2.09. The summed E-state index contributed by atoms with van der Waals surface area (Å²) >= 11 is 5.71. The van der Waals surface area contributed by atoms with Crippen LogP contribution < -0.4 is 5.32 Å². The van der Waals surface area contributed by atoms with Gasteiger partial charge in [0, 0.05) is 12.4 Å². The maximum Gasteiger partial charge on any atom is 0.182 e. The van der Waals surface area contributed by atoms with E-state index in [2.05, 4.69) is 15.3 Å². The van der Waals surface area contributed by atoms with Crippen LogP contribution in [0.15, 0.2) is 30.6 Å². The standard InChI is InChI=1S/C10H6ClF2N3/c11-9-10(15-5-4-14-9)16-7-3-1-2-6(12)8(7)13/h1-5H,(H,15,16). The third-order valence-corrected chi connectivity index (χ3v) is 2.13. The predicted molar refractivity (Wildman–Crippen MR) is 56.7 cm³/mol. The third kappa shape index (κ3) is 2.09. The molecule has 0 radical (unpaired) electrons. The van der Waals surface area contributed by atoms with E-state index in [1.165, 1.54) is 24.5 Å². The van der Waals surface area contributed by atoms with E-state index in [0.717, 1.165) is 6.07 Å². The molecule has 0 saturated heterocycles. The van der Waals surface area contributed by atoms with E-state index in [4.69, 9.17) is 11.6 Å². The van der Waals surface area contributed by atoms with Gasteiger partial charge in [0.15, 0.2) is 22.6 Å². The Labute approximate surface area is 95.1 Å². The van der Waals surface area contributed by atoms with E-state index in [0.29, 0.717) is 0 Å². The van der Waals surface area contributed by atoms with Gasteiger partial charge in [-0.15, -0.1) is 0 Å². The average Bonchev–Trinajstić information content (AvgIpc) is 2.28. The molecule has 0 fully saturated rings. The van der Waals surface area contributed by atoms with Gasteiger partial charge in [-0.1, -0.05) is 17.7 Å². The van der Waals surface area contributed by atoms with Crippen molar-refractivity contribution in [2.45, 2.75) is 0 Å². The van der Waals surface area contributed by atoms with Crippen LogP contribution in [0.5, 0.6) is 0 Å². The van der Waals surface area contributed by atoms with E-state index >= 15 is 0 Å². The molecule has 0 bridgehead atoms. The highest BCUT2D eigenvalue weighted by atomic mass is 35.5. The lowest BCUT2D eigenvalue weighted by Gasteiger charge is -2.07. The van der Waals surface area contributed by atoms with Gasteiger partial charge in [0.25, 0.3) is 0 Å². The zero-order valence-corrected chi connectivity index (χ0v) is 8.67. The van der Waals surface area contributed by atoms with Crippen LogP contribution in [0.2, 0.25) is 5.15 Å². The average molecular weight is 242 g/mol. The lowest BCUT2D eigenvalue weighted by molar-refractivity contribution is 0.511. The first-order chi connectivity index (χ1) is 7.68. The molecular weight excluding hydrogens is 236 g/mol. The van der Waals surface area contributed by atoms with Gasteiger partial charge in [0.1, 0.15) is 0 Å². The minimum absolute atomic E-state index is 0.0394. The monoisotopic (exact) mass is 241 g/mol. The topological polar surface area (TPSA) is 37.8 Å². The molecule has 0 aliphatic rings. The van der Waals surface area contributed by atoms with Crippen molar-refractivity contribution in [3.05, 3.63) is 47.4 Å². The van der Waals surface area contributed by atoms with Crippen molar-refractivity contribution in [3.63, 3.8) is 0 Å². The highest BCUT2D eigenvalue weighted by Crippen LogP contribution is 2.23. The number of aromatic nitrogens is 2.